The van der Waals surface area contributed by atoms with Gasteiger partial charge in [0.05, 0.1) is 13.2 Å². The number of rotatable bonds is 4. The fourth-order valence-corrected chi connectivity index (χ4v) is 0.898. The molecule has 0 radical (unpaired) electrons. The fourth-order valence-electron chi connectivity index (χ4n) is 0.898. The van der Waals surface area contributed by atoms with Gasteiger partial charge < -0.3 is 10.5 Å². The maximum Gasteiger partial charge on any atom is 0.266 e. The van der Waals surface area contributed by atoms with Crippen LogP contribution in [0, 0.1) is 0 Å². The van der Waals surface area contributed by atoms with Gasteiger partial charge in [-0.25, -0.2) is 0 Å². The summed E-state index contributed by atoms with van der Waals surface area (Å²) in [5.74, 6) is -0.469. The van der Waals surface area contributed by atoms with Crippen molar-refractivity contribution in [2.24, 2.45) is 5.73 Å². The van der Waals surface area contributed by atoms with Crippen molar-refractivity contribution in [3.05, 3.63) is 18.0 Å². The molecule has 1 rings (SSSR count). The Balaban J connectivity index is 2.70. The van der Waals surface area contributed by atoms with E-state index in [2.05, 4.69) is 5.10 Å². The second-order valence-corrected chi connectivity index (χ2v) is 2.30. The standard InChI is InChI=1S/C7H11N3O2/c1-12-5-4-10-6(7(8)11)2-3-9-10/h2-3H,4-5H2,1H3,(H2,8,11). The molecule has 0 aliphatic rings. The molecule has 66 valence electrons. The first-order chi connectivity index (χ1) is 5.75. The third kappa shape index (κ3) is 1.82. The molecule has 0 aliphatic heterocycles. The number of carbonyl (C=O) groups is 1. The lowest BCUT2D eigenvalue weighted by Gasteiger charge is -2.02. The highest BCUT2D eigenvalue weighted by atomic mass is 16.5. The van der Waals surface area contributed by atoms with E-state index in [-0.39, 0.29) is 0 Å². The van der Waals surface area contributed by atoms with Crippen molar-refractivity contribution in [2.45, 2.75) is 6.54 Å². The number of methoxy groups -OCH3 is 1. The number of hydrogen-bond donors (Lipinski definition) is 1. The maximum atomic E-state index is 10.8. The lowest BCUT2D eigenvalue weighted by molar-refractivity contribution is 0.0986. The smallest absolute Gasteiger partial charge is 0.266 e. The van der Waals surface area contributed by atoms with Crippen LogP contribution in [0.3, 0.4) is 0 Å². The first-order valence-corrected chi connectivity index (χ1v) is 3.56. The quantitative estimate of drug-likeness (QED) is 0.668. The van der Waals surface area contributed by atoms with Crippen molar-refractivity contribution in [2.75, 3.05) is 13.7 Å². The Morgan fingerprint density at radius 2 is 2.58 bits per heavy atom. The molecule has 0 fully saturated rings. The van der Waals surface area contributed by atoms with Gasteiger partial charge in [-0.05, 0) is 6.07 Å². The van der Waals surface area contributed by atoms with Crippen molar-refractivity contribution in [1.29, 1.82) is 0 Å². The molecule has 1 heterocycles. The van der Waals surface area contributed by atoms with Gasteiger partial charge in [-0.1, -0.05) is 0 Å². The Morgan fingerprint density at radius 3 is 3.17 bits per heavy atom. The van der Waals surface area contributed by atoms with Crippen LogP contribution in [-0.2, 0) is 11.3 Å². The minimum Gasteiger partial charge on any atom is -0.383 e. The fraction of sp³-hybridized carbons (Fsp3) is 0.429. The molecule has 0 aliphatic carbocycles. The Kier molecular flexibility index (Phi) is 2.82. The normalized spacial score (nSPS) is 10.1. The van der Waals surface area contributed by atoms with Gasteiger partial charge in [-0.2, -0.15) is 5.10 Å². The summed E-state index contributed by atoms with van der Waals surface area (Å²) < 4.78 is 6.36. The van der Waals surface area contributed by atoms with E-state index in [4.69, 9.17) is 10.5 Å². The second kappa shape index (κ2) is 3.87. The molecular weight excluding hydrogens is 158 g/mol. The van der Waals surface area contributed by atoms with E-state index in [0.29, 0.717) is 18.8 Å². The summed E-state index contributed by atoms with van der Waals surface area (Å²) in [6, 6.07) is 1.58. The first kappa shape index (κ1) is 8.73. The van der Waals surface area contributed by atoms with E-state index >= 15 is 0 Å². The number of nitrogens with zero attached hydrogens (tertiary/aromatic N) is 2. The zero-order chi connectivity index (χ0) is 8.97. The second-order valence-electron chi connectivity index (χ2n) is 2.30. The van der Waals surface area contributed by atoms with Gasteiger partial charge in [0, 0.05) is 13.3 Å². The minimum atomic E-state index is -0.469. The van der Waals surface area contributed by atoms with Crippen LogP contribution in [0.5, 0.6) is 0 Å². The van der Waals surface area contributed by atoms with E-state index < -0.39 is 5.91 Å². The highest BCUT2D eigenvalue weighted by molar-refractivity contribution is 5.90. The molecule has 1 aromatic rings. The summed E-state index contributed by atoms with van der Waals surface area (Å²) in [5, 5.41) is 3.91. The van der Waals surface area contributed by atoms with Crippen LogP contribution in [0.15, 0.2) is 12.3 Å². The van der Waals surface area contributed by atoms with Crippen LogP contribution in [0.4, 0.5) is 0 Å². The zero-order valence-corrected chi connectivity index (χ0v) is 6.86. The number of ether oxygens (including phenoxy) is 1. The lowest BCUT2D eigenvalue weighted by atomic mass is 10.4. The third-order valence-electron chi connectivity index (χ3n) is 1.48. The Bertz CT molecular complexity index is 269. The van der Waals surface area contributed by atoms with Gasteiger partial charge in [-0.3, -0.25) is 9.48 Å². The van der Waals surface area contributed by atoms with E-state index in [1.165, 1.54) is 10.9 Å². The third-order valence-corrected chi connectivity index (χ3v) is 1.48. The summed E-state index contributed by atoms with van der Waals surface area (Å²) in [5.41, 5.74) is 5.50. The molecule has 1 amide bonds. The number of aromatic nitrogens is 2. The maximum absolute atomic E-state index is 10.8. The van der Waals surface area contributed by atoms with Crippen LogP contribution in [-0.4, -0.2) is 29.4 Å². The first-order valence-electron chi connectivity index (χ1n) is 3.56. The molecule has 2 N–H and O–H groups in total. The monoisotopic (exact) mass is 169 g/mol. The van der Waals surface area contributed by atoms with Crippen molar-refractivity contribution in [3.8, 4) is 0 Å². The summed E-state index contributed by atoms with van der Waals surface area (Å²) >= 11 is 0. The SMILES string of the molecule is COCCn1nccc1C(N)=O. The van der Waals surface area contributed by atoms with E-state index in [1.807, 2.05) is 0 Å². The highest BCUT2D eigenvalue weighted by Gasteiger charge is 2.06. The number of hydrogen-bond acceptors (Lipinski definition) is 3. The molecule has 0 saturated heterocycles. The molecule has 0 bridgehead atoms. The van der Waals surface area contributed by atoms with Crippen LogP contribution >= 0.6 is 0 Å². The summed E-state index contributed by atoms with van der Waals surface area (Å²) in [6.45, 7) is 1.06. The van der Waals surface area contributed by atoms with E-state index in [9.17, 15) is 4.79 Å². The predicted octanol–water partition coefficient (Wildman–Crippen LogP) is -0.372. The van der Waals surface area contributed by atoms with E-state index in [1.54, 1.807) is 13.2 Å². The Labute approximate surface area is 70.1 Å². The van der Waals surface area contributed by atoms with E-state index in [0.717, 1.165) is 0 Å². The van der Waals surface area contributed by atoms with Crippen LogP contribution in [0.25, 0.3) is 0 Å². The van der Waals surface area contributed by atoms with Gasteiger partial charge >= 0.3 is 0 Å². The number of carbonyl (C=O) groups excluding carboxylic acids is 1. The van der Waals surface area contributed by atoms with Crippen LogP contribution in [0.1, 0.15) is 10.5 Å². The largest absolute Gasteiger partial charge is 0.383 e. The molecule has 1 aromatic heterocycles. The average Bonchev–Trinajstić information content (AvgIpc) is 2.48. The van der Waals surface area contributed by atoms with Gasteiger partial charge in [0.2, 0.25) is 0 Å². The molecule has 5 nitrogen and oxygen atoms in total. The van der Waals surface area contributed by atoms with Gasteiger partial charge in [0.25, 0.3) is 5.91 Å². The summed E-state index contributed by atoms with van der Waals surface area (Å²) in [7, 11) is 1.59. The Hall–Kier alpha value is -1.36. The van der Waals surface area contributed by atoms with Gasteiger partial charge in [0.1, 0.15) is 5.69 Å². The summed E-state index contributed by atoms with van der Waals surface area (Å²) in [4.78, 5) is 10.8. The van der Waals surface area contributed by atoms with Crippen molar-refractivity contribution >= 4 is 5.91 Å². The van der Waals surface area contributed by atoms with Gasteiger partial charge in [0.15, 0.2) is 0 Å². The van der Waals surface area contributed by atoms with Crippen molar-refractivity contribution in [3.63, 3.8) is 0 Å². The van der Waals surface area contributed by atoms with Gasteiger partial charge in [-0.15, -0.1) is 0 Å². The lowest BCUT2D eigenvalue weighted by Crippen LogP contribution is -2.19. The minimum absolute atomic E-state index is 0.409. The average molecular weight is 169 g/mol. The predicted molar refractivity (Wildman–Crippen MR) is 42.6 cm³/mol. The number of nitrogens with two attached hydrogens (primary N) is 1. The molecule has 0 atom stereocenters. The van der Waals surface area contributed by atoms with Crippen molar-refractivity contribution < 1.29 is 9.53 Å². The number of primary amides is 1. The molecule has 0 unspecified atom stereocenters. The molecule has 0 spiro atoms. The van der Waals surface area contributed by atoms with Crippen LogP contribution in [0.2, 0.25) is 0 Å². The van der Waals surface area contributed by atoms with Crippen LogP contribution < -0.4 is 5.73 Å². The summed E-state index contributed by atoms with van der Waals surface area (Å²) in [6.07, 6.45) is 1.54. The molecule has 5 heteroatoms. The molecular formula is C7H11N3O2. The highest BCUT2D eigenvalue weighted by Crippen LogP contribution is 1.96. The Morgan fingerprint density at radius 1 is 1.83 bits per heavy atom. The molecule has 12 heavy (non-hydrogen) atoms. The molecule has 0 saturated carbocycles. The number of amides is 1. The topological polar surface area (TPSA) is 70.1 Å². The molecule has 0 aromatic carbocycles. The van der Waals surface area contributed by atoms with Crippen molar-refractivity contribution in [1.82, 2.24) is 9.78 Å². The zero-order valence-electron chi connectivity index (χ0n) is 6.86.